The van der Waals surface area contributed by atoms with Gasteiger partial charge in [0.05, 0.1) is 10.6 Å². The zero-order chi connectivity index (χ0) is 14.8. The molecule has 1 heterocycles. The number of nitrogens with zero attached hydrogens (tertiary/aromatic N) is 1. The molecule has 0 bridgehead atoms. The van der Waals surface area contributed by atoms with Crippen LogP contribution in [0.2, 0.25) is 5.02 Å². The molecular formula is C13H8ClF3N2O. The van der Waals surface area contributed by atoms with E-state index in [1.54, 1.807) is 30.3 Å². The topological polar surface area (TPSA) is 42.0 Å². The van der Waals surface area contributed by atoms with Gasteiger partial charge in [0.2, 0.25) is 0 Å². The zero-order valence-electron chi connectivity index (χ0n) is 9.91. The zero-order valence-corrected chi connectivity index (χ0v) is 10.7. The van der Waals surface area contributed by atoms with Gasteiger partial charge in [-0.1, -0.05) is 29.8 Å². The van der Waals surface area contributed by atoms with Crippen molar-refractivity contribution in [2.24, 2.45) is 0 Å². The monoisotopic (exact) mass is 300 g/mol. The Morgan fingerprint density at radius 3 is 2.40 bits per heavy atom. The Kier molecular flexibility index (Phi) is 3.94. The van der Waals surface area contributed by atoms with Gasteiger partial charge >= 0.3 is 6.18 Å². The minimum Gasteiger partial charge on any atom is -0.322 e. The highest BCUT2D eigenvalue weighted by Gasteiger charge is 2.38. The first-order valence-electron chi connectivity index (χ1n) is 5.47. The maximum absolute atomic E-state index is 12.8. The summed E-state index contributed by atoms with van der Waals surface area (Å²) in [6.45, 7) is 0. The molecule has 0 aliphatic heterocycles. The Hall–Kier alpha value is -2.08. The number of aromatic nitrogens is 1. The minimum atomic E-state index is -4.76. The molecule has 2 rings (SSSR count). The van der Waals surface area contributed by atoms with Crippen LogP contribution in [0.25, 0.3) is 0 Å². The number of nitrogens with one attached hydrogen (secondary N) is 1. The molecule has 1 N–H and O–H groups in total. The number of rotatable bonds is 2. The van der Waals surface area contributed by atoms with Gasteiger partial charge in [0.15, 0.2) is 5.69 Å². The molecule has 20 heavy (non-hydrogen) atoms. The SMILES string of the molecule is O=C(Nc1ccccc1)c1c(Cl)ccnc1C(F)(F)F. The van der Waals surface area contributed by atoms with E-state index in [-0.39, 0.29) is 5.02 Å². The highest BCUT2D eigenvalue weighted by atomic mass is 35.5. The Bertz CT molecular complexity index is 629. The van der Waals surface area contributed by atoms with Gasteiger partial charge < -0.3 is 5.32 Å². The van der Waals surface area contributed by atoms with Crippen molar-refractivity contribution < 1.29 is 18.0 Å². The van der Waals surface area contributed by atoms with Crippen molar-refractivity contribution in [1.29, 1.82) is 0 Å². The van der Waals surface area contributed by atoms with E-state index >= 15 is 0 Å². The number of carbonyl (C=O) groups excluding carboxylic acids is 1. The lowest BCUT2D eigenvalue weighted by Gasteiger charge is -2.13. The molecule has 0 spiro atoms. The van der Waals surface area contributed by atoms with Gasteiger partial charge in [0.1, 0.15) is 0 Å². The summed E-state index contributed by atoms with van der Waals surface area (Å²) in [5.41, 5.74) is -1.63. The lowest BCUT2D eigenvalue weighted by molar-refractivity contribution is -0.141. The molecule has 0 saturated heterocycles. The van der Waals surface area contributed by atoms with Gasteiger partial charge in [-0.15, -0.1) is 0 Å². The maximum atomic E-state index is 12.8. The van der Waals surface area contributed by atoms with Crippen molar-refractivity contribution in [1.82, 2.24) is 4.98 Å². The summed E-state index contributed by atoms with van der Waals surface area (Å²) in [4.78, 5) is 15.2. The molecule has 7 heteroatoms. The molecule has 0 fully saturated rings. The quantitative estimate of drug-likeness (QED) is 0.910. The Labute approximate surface area is 117 Å². The molecule has 1 amide bonds. The molecular weight excluding hydrogens is 293 g/mol. The van der Waals surface area contributed by atoms with Crippen molar-refractivity contribution in [3.8, 4) is 0 Å². The molecule has 0 saturated carbocycles. The van der Waals surface area contributed by atoms with Crippen molar-refractivity contribution in [3.05, 3.63) is 58.9 Å². The molecule has 0 aliphatic carbocycles. The van der Waals surface area contributed by atoms with Crippen LogP contribution in [0, 0.1) is 0 Å². The molecule has 2 aromatic rings. The van der Waals surface area contributed by atoms with Crippen molar-refractivity contribution in [2.75, 3.05) is 5.32 Å². The lowest BCUT2D eigenvalue weighted by Crippen LogP contribution is -2.20. The molecule has 3 nitrogen and oxygen atoms in total. The van der Waals surface area contributed by atoms with Gasteiger partial charge in [-0.25, -0.2) is 0 Å². The normalized spacial score (nSPS) is 11.2. The number of hydrogen-bond donors (Lipinski definition) is 1. The van der Waals surface area contributed by atoms with Crippen LogP contribution in [0.1, 0.15) is 16.1 Å². The van der Waals surface area contributed by atoms with E-state index in [1.165, 1.54) is 0 Å². The summed E-state index contributed by atoms with van der Waals surface area (Å²) < 4.78 is 38.5. The number of benzene rings is 1. The smallest absolute Gasteiger partial charge is 0.322 e. The average Bonchev–Trinajstić information content (AvgIpc) is 2.38. The number of anilines is 1. The maximum Gasteiger partial charge on any atom is 0.434 e. The summed E-state index contributed by atoms with van der Waals surface area (Å²) in [7, 11) is 0. The first-order valence-corrected chi connectivity index (χ1v) is 5.85. The standard InChI is InChI=1S/C13H8ClF3N2O/c14-9-6-7-18-11(13(15,16)17)10(9)12(20)19-8-4-2-1-3-5-8/h1-7H,(H,19,20). The lowest BCUT2D eigenvalue weighted by atomic mass is 10.1. The van der Waals surface area contributed by atoms with E-state index in [0.717, 1.165) is 12.3 Å². The number of hydrogen-bond acceptors (Lipinski definition) is 2. The summed E-state index contributed by atoms with van der Waals surface area (Å²) in [5.74, 6) is -0.957. The third kappa shape index (κ3) is 3.08. The molecule has 0 aliphatic rings. The van der Waals surface area contributed by atoms with Crippen LogP contribution >= 0.6 is 11.6 Å². The van der Waals surface area contributed by atoms with Gasteiger partial charge in [-0.2, -0.15) is 13.2 Å². The first-order chi connectivity index (χ1) is 9.39. The summed E-state index contributed by atoms with van der Waals surface area (Å²) in [6.07, 6.45) is -3.85. The predicted molar refractivity (Wildman–Crippen MR) is 68.6 cm³/mol. The second-order valence-corrected chi connectivity index (χ2v) is 4.24. The van der Waals surface area contributed by atoms with E-state index in [4.69, 9.17) is 11.6 Å². The predicted octanol–water partition coefficient (Wildman–Crippen LogP) is 4.01. The van der Waals surface area contributed by atoms with E-state index in [2.05, 4.69) is 10.3 Å². The Balaban J connectivity index is 2.40. The number of halogens is 4. The van der Waals surface area contributed by atoms with E-state index in [1.807, 2.05) is 0 Å². The van der Waals surface area contributed by atoms with Crippen molar-refractivity contribution in [2.45, 2.75) is 6.18 Å². The summed E-state index contributed by atoms with van der Waals surface area (Å²) >= 11 is 5.70. The Morgan fingerprint density at radius 1 is 1.15 bits per heavy atom. The fourth-order valence-corrected chi connectivity index (χ4v) is 1.82. The van der Waals surface area contributed by atoms with Crippen LogP contribution in [-0.4, -0.2) is 10.9 Å². The largest absolute Gasteiger partial charge is 0.434 e. The van der Waals surface area contributed by atoms with Crippen LogP contribution in [0.4, 0.5) is 18.9 Å². The Morgan fingerprint density at radius 2 is 1.80 bits per heavy atom. The van der Waals surface area contributed by atoms with E-state index < -0.39 is 23.3 Å². The second kappa shape index (κ2) is 5.50. The molecule has 104 valence electrons. The fourth-order valence-electron chi connectivity index (χ4n) is 1.58. The second-order valence-electron chi connectivity index (χ2n) is 3.83. The highest BCUT2D eigenvalue weighted by molar-refractivity contribution is 6.34. The van der Waals surface area contributed by atoms with Gasteiger partial charge in [0, 0.05) is 11.9 Å². The third-order valence-corrected chi connectivity index (χ3v) is 2.74. The van der Waals surface area contributed by atoms with Gasteiger partial charge in [0.25, 0.3) is 5.91 Å². The summed E-state index contributed by atoms with van der Waals surface area (Å²) in [5, 5.41) is 2.04. The van der Waals surface area contributed by atoms with Crippen molar-refractivity contribution in [3.63, 3.8) is 0 Å². The number of carbonyl (C=O) groups is 1. The van der Waals surface area contributed by atoms with Gasteiger partial charge in [-0.05, 0) is 18.2 Å². The highest BCUT2D eigenvalue weighted by Crippen LogP contribution is 2.33. The average molecular weight is 301 g/mol. The molecule has 0 unspecified atom stereocenters. The van der Waals surface area contributed by atoms with Crippen molar-refractivity contribution >= 4 is 23.2 Å². The van der Waals surface area contributed by atoms with Crippen LogP contribution in [0.5, 0.6) is 0 Å². The molecule has 0 radical (unpaired) electrons. The molecule has 1 aromatic carbocycles. The van der Waals surface area contributed by atoms with Crippen LogP contribution in [0.3, 0.4) is 0 Å². The van der Waals surface area contributed by atoms with Crippen LogP contribution < -0.4 is 5.32 Å². The first kappa shape index (κ1) is 14.3. The van der Waals surface area contributed by atoms with Gasteiger partial charge in [-0.3, -0.25) is 9.78 Å². The van der Waals surface area contributed by atoms with E-state index in [9.17, 15) is 18.0 Å². The number of amides is 1. The number of alkyl halides is 3. The van der Waals surface area contributed by atoms with Crippen LogP contribution in [0.15, 0.2) is 42.6 Å². The minimum absolute atomic E-state index is 0.305. The molecule has 1 aromatic heterocycles. The van der Waals surface area contributed by atoms with E-state index in [0.29, 0.717) is 5.69 Å². The van der Waals surface area contributed by atoms with Crippen LogP contribution in [-0.2, 0) is 6.18 Å². The number of pyridine rings is 1. The molecule has 0 atom stereocenters. The number of para-hydroxylation sites is 1. The summed E-state index contributed by atoms with van der Waals surface area (Å²) in [6, 6.07) is 9.24. The fraction of sp³-hybridized carbons (Fsp3) is 0.0769. The third-order valence-electron chi connectivity index (χ3n) is 2.43.